The van der Waals surface area contributed by atoms with E-state index >= 15 is 0 Å². The van der Waals surface area contributed by atoms with Gasteiger partial charge in [0.25, 0.3) is 0 Å². The fourth-order valence-electron chi connectivity index (χ4n) is 7.35. The molecule has 20 heavy (non-hydrogen) atoms. The summed E-state index contributed by atoms with van der Waals surface area (Å²) in [6, 6.07) is 0. The molecule has 2 unspecified atom stereocenters. The summed E-state index contributed by atoms with van der Waals surface area (Å²) in [4.78, 5) is 0. The zero-order chi connectivity index (χ0) is 14.0. The number of fused-ring (bicyclic) bond motifs is 5. The van der Waals surface area contributed by atoms with Crippen molar-refractivity contribution < 1.29 is 5.11 Å². The van der Waals surface area contributed by atoms with E-state index in [0.29, 0.717) is 16.7 Å². The Kier molecular flexibility index (Phi) is 3.05. The molecule has 0 bridgehead atoms. The van der Waals surface area contributed by atoms with Crippen LogP contribution in [0.1, 0.15) is 78.1 Å². The van der Waals surface area contributed by atoms with Crippen LogP contribution in [0.3, 0.4) is 0 Å². The van der Waals surface area contributed by atoms with Crippen LogP contribution in [0.4, 0.5) is 0 Å². The average Bonchev–Trinajstić information content (AvgIpc) is 2.81. The molecule has 1 N–H and O–H groups in total. The van der Waals surface area contributed by atoms with Gasteiger partial charge in [-0.2, -0.15) is 0 Å². The van der Waals surface area contributed by atoms with Crippen LogP contribution in [0.2, 0.25) is 0 Å². The topological polar surface area (TPSA) is 20.2 Å². The second-order valence-electron chi connectivity index (χ2n) is 9.12. The fraction of sp³-hybridized carbons (Fsp3) is 1.00. The van der Waals surface area contributed by atoms with Gasteiger partial charge in [-0.15, -0.1) is 0 Å². The van der Waals surface area contributed by atoms with Gasteiger partial charge in [-0.3, -0.25) is 0 Å². The van der Waals surface area contributed by atoms with Crippen LogP contribution in [-0.4, -0.2) is 11.2 Å². The largest absolute Gasteiger partial charge is 0.393 e. The quantitative estimate of drug-likeness (QED) is 0.675. The van der Waals surface area contributed by atoms with E-state index in [9.17, 15) is 5.11 Å². The maximum Gasteiger partial charge on any atom is 0.0576 e. The molecule has 0 amide bonds. The number of rotatable bonds is 0. The van der Waals surface area contributed by atoms with E-state index in [0.717, 1.165) is 24.2 Å². The Morgan fingerprint density at radius 1 is 0.800 bits per heavy atom. The van der Waals surface area contributed by atoms with Crippen molar-refractivity contribution in [1.29, 1.82) is 0 Å². The van der Waals surface area contributed by atoms with Crippen LogP contribution in [0.15, 0.2) is 0 Å². The molecule has 4 aliphatic carbocycles. The molecular formula is C19H32O. The van der Waals surface area contributed by atoms with E-state index in [2.05, 4.69) is 13.8 Å². The Balaban J connectivity index is 1.68. The predicted molar refractivity (Wildman–Crippen MR) is 82.4 cm³/mol. The van der Waals surface area contributed by atoms with E-state index in [1.165, 1.54) is 57.8 Å². The molecule has 0 aromatic carbocycles. The van der Waals surface area contributed by atoms with Crippen LogP contribution in [0.5, 0.6) is 0 Å². The van der Waals surface area contributed by atoms with Gasteiger partial charge in [0.1, 0.15) is 0 Å². The molecule has 7 atom stereocenters. The second-order valence-corrected chi connectivity index (χ2v) is 9.12. The lowest BCUT2D eigenvalue weighted by atomic mass is 9.45. The molecule has 114 valence electrons. The standard InChI is InChI=1S/C19H32O/c1-18-9-5-7-14(18)13-12-17(20)16-6-3-4-10-19(16,2)15(13)8-11-18/h13-17,20H,3-12H2,1-2H3/t13-,14-,15+,16?,17?,18-,19+/m0/s1. The third-order valence-corrected chi connectivity index (χ3v) is 8.37. The highest BCUT2D eigenvalue weighted by Crippen LogP contribution is 2.66. The van der Waals surface area contributed by atoms with Crippen molar-refractivity contribution in [3.8, 4) is 0 Å². The minimum Gasteiger partial charge on any atom is -0.393 e. The Bertz CT molecular complexity index is 391. The second kappa shape index (κ2) is 4.48. The number of aliphatic hydroxyl groups is 1. The van der Waals surface area contributed by atoms with Crippen LogP contribution in [-0.2, 0) is 0 Å². The Hall–Kier alpha value is -0.0400. The van der Waals surface area contributed by atoms with Crippen LogP contribution < -0.4 is 0 Å². The molecule has 0 heterocycles. The molecule has 0 aromatic rings. The van der Waals surface area contributed by atoms with Gasteiger partial charge in [0.2, 0.25) is 0 Å². The van der Waals surface area contributed by atoms with Crippen molar-refractivity contribution in [2.45, 2.75) is 84.2 Å². The van der Waals surface area contributed by atoms with Crippen molar-refractivity contribution in [2.75, 3.05) is 0 Å². The van der Waals surface area contributed by atoms with Gasteiger partial charge >= 0.3 is 0 Å². The molecular weight excluding hydrogens is 244 g/mol. The zero-order valence-corrected chi connectivity index (χ0v) is 13.4. The fourth-order valence-corrected chi connectivity index (χ4v) is 7.35. The summed E-state index contributed by atoms with van der Waals surface area (Å²) in [6.45, 7) is 5.11. The molecule has 0 spiro atoms. The van der Waals surface area contributed by atoms with Gasteiger partial charge in [-0.25, -0.2) is 0 Å². The minimum atomic E-state index is 0.00417. The summed E-state index contributed by atoms with van der Waals surface area (Å²) < 4.78 is 0. The summed E-state index contributed by atoms with van der Waals surface area (Å²) in [5, 5.41) is 10.8. The molecule has 4 saturated carbocycles. The van der Waals surface area contributed by atoms with Gasteiger partial charge in [0.05, 0.1) is 6.10 Å². The zero-order valence-electron chi connectivity index (χ0n) is 13.4. The number of aliphatic hydroxyl groups excluding tert-OH is 1. The highest BCUT2D eigenvalue weighted by molar-refractivity contribution is 5.08. The smallest absolute Gasteiger partial charge is 0.0576 e. The van der Waals surface area contributed by atoms with Crippen LogP contribution in [0, 0.1) is 34.5 Å². The van der Waals surface area contributed by atoms with E-state index in [4.69, 9.17) is 0 Å². The van der Waals surface area contributed by atoms with Gasteiger partial charge in [0, 0.05) is 0 Å². The van der Waals surface area contributed by atoms with E-state index in [1.54, 1.807) is 0 Å². The lowest BCUT2D eigenvalue weighted by molar-refractivity contribution is -0.153. The van der Waals surface area contributed by atoms with Gasteiger partial charge in [-0.1, -0.05) is 33.1 Å². The lowest BCUT2D eigenvalue weighted by Gasteiger charge is -2.61. The summed E-state index contributed by atoms with van der Waals surface area (Å²) in [5.41, 5.74) is 1.09. The predicted octanol–water partition coefficient (Wildman–Crippen LogP) is 4.78. The van der Waals surface area contributed by atoms with Crippen molar-refractivity contribution >= 4 is 0 Å². The van der Waals surface area contributed by atoms with Crippen molar-refractivity contribution in [3.63, 3.8) is 0 Å². The normalized spacial score (nSPS) is 58.6. The molecule has 0 saturated heterocycles. The van der Waals surface area contributed by atoms with E-state index in [-0.39, 0.29) is 6.10 Å². The third kappa shape index (κ3) is 1.71. The SMILES string of the molecule is C[C@@]12CCC[C@H]1[C@@H]1CC(O)C3CCCC[C@]3(C)[C@@H]1CC2. The first-order valence-electron chi connectivity index (χ1n) is 9.23. The highest BCUT2D eigenvalue weighted by Gasteiger charge is 2.59. The van der Waals surface area contributed by atoms with E-state index < -0.39 is 0 Å². The Morgan fingerprint density at radius 2 is 1.60 bits per heavy atom. The first-order valence-corrected chi connectivity index (χ1v) is 9.23. The molecule has 0 aromatic heterocycles. The summed E-state index contributed by atoms with van der Waals surface area (Å²) >= 11 is 0. The molecule has 4 rings (SSSR count). The molecule has 1 heteroatoms. The Morgan fingerprint density at radius 3 is 2.45 bits per heavy atom. The monoisotopic (exact) mass is 276 g/mol. The van der Waals surface area contributed by atoms with E-state index in [1.807, 2.05) is 0 Å². The molecule has 4 fully saturated rings. The Labute approximate surface area is 124 Å². The summed E-state index contributed by atoms with van der Waals surface area (Å²) in [5.74, 6) is 3.30. The van der Waals surface area contributed by atoms with Gasteiger partial charge in [0.15, 0.2) is 0 Å². The molecule has 0 radical (unpaired) electrons. The summed E-state index contributed by atoms with van der Waals surface area (Å²) in [6.07, 6.45) is 13.9. The average molecular weight is 276 g/mol. The van der Waals surface area contributed by atoms with Crippen LogP contribution in [0.25, 0.3) is 0 Å². The van der Waals surface area contributed by atoms with Crippen LogP contribution >= 0.6 is 0 Å². The molecule has 1 nitrogen and oxygen atoms in total. The lowest BCUT2D eigenvalue weighted by Crippen LogP contribution is -2.56. The first kappa shape index (κ1) is 13.6. The molecule has 4 aliphatic rings. The van der Waals surface area contributed by atoms with Crippen molar-refractivity contribution in [3.05, 3.63) is 0 Å². The maximum atomic E-state index is 10.8. The number of hydrogen-bond acceptors (Lipinski definition) is 1. The van der Waals surface area contributed by atoms with Crippen molar-refractivity contribution in [1.82, 2.24) is 0 Å². The van der Waals surface area contributed by atoms with Crippen molar-refractivity contribution in [2.24, 2.45) is 34.5 Å². The highest BCUT2D eigenvalue weighted by atomic mass is 16.3. The first-order chi connectivity index (χ1) is 9.55. The minimum absolute atomic E-state index is 0.00417. The van der Waals surface area contributed by atoms with Gasteiger partial charge < -0.3 is 5.11 Å². The maximum absolute atomic E-state index is 10.8. The number of hydrogen-bond donors (Lipinski definition) is 1. The molecule has 0 aliphatic heterocycles. The third-order valence-electron chi connectivity index (χ3n) is 8.37. The summed E-state index contributed by atoms with van der Waals surface area (Å²) in [7, 11) is 0. The van der Waals surface area contributed by atoms with Gasteiger partial charge in [-0.05, 0) is 79.4 Å².